The molecule has 1 atom stereocenters. The highest BCUT2D eigenvalue weighted by molar-refractivity contribution is 5.95. The lowest BCUT2D eigenvalue weighted by Crippen LogP contribution is -2.45. The van der Waals surface area contributed by atoms with Gasteiger partial charge < -0.3 is 10.2 Å². The van der Waals surface area contributed by atoms with Gasteiger partial charge in [0.05, 0.1) is 0 Å². The Morgan fingerprint density at radius 1 is 1.38 bits per heavy atom. The van der Waals surface area contributed by atoms with Gasteiger partial charge in [0.1, 0.15) is 5.82 Å². The second-order valence-corrected chi connectivity index (χ2v) is 7.13. The first kappa shape index (κ1) is 20.1. The van der Waals surface area contributed by atoms with Gasteiger partial charge >= 0.3 is 0 Å². The molecule has 26 heavy (non-hydrogen) atoms. The van der Waals surface area contributed by atoms with Crippen molar-refractivity contribution in [2.24, 2.45) is 5.92 Å². The van der Waals surface area contributed by atoms with Crippen molar-refractivity contribution in [3.63, 3.8) is 0 Å². The maximum Gasteiger partial charge on any atom is 0.254 e. The summed E-state index contributed by atoms with van der Waals surface area (Å²) in [4.78, 5) is 26.4. The van der Waals surface area contributed by atoms with Crippen LogP contribution < -0.4 is 5.32 Å². The average molecular weight is 360 g/mol. The van der Waals surface area contributed by atoms with E-state index in [2.05, 4.69) is 11.9 Å². The van der Waals surface area contributed by atoms with E-state index < -0.39 is 0 Å². The predicted octanol–water partition coefficient (Wildman–Crippen LogP) is 3.85. The van der Waals surface area contributed by atoms with Gasteiger partial charge in [0.2, 0.25) is 5.91 Å². The fourth-order valence-electron chi connectivity index (χ4n) is 3.45. The Labute approximate surface area is 155 Å². The fourth-order valence-corrected chi connectivity index (χ4v) is 3.45. The Hall–Kier alpha value is -2.17. The molecule has 0 unspecified atom stereocenters. The molecule has 1 fully saturated rings. The number of aryl methyl sites for hydroxylation is 1. The van der Waals surface area contributed by atoms with Crippen LogP contribution in [0.2, 0.25) is 0 Å². The molecule has 0 bridgehead atoms. The van der Waals surface area contributed by atoms with E-state index in [0.717, 1.165) is 31.2 Å². The summed E-state index contributed by atoms with van der Waals surface area (Å²) in [6, 6.07) is 4.42. The van der Waals surface area contributed by atoms with Gasteiger partial charge in [0.25, 0.3) is 5.91 Å². The van der Waals surface area contributed by atoms with Crippen LogP contribution in [0.15, 0.2) is 30.9 Å². The number of unbranched alkanes of at least 4 members (excludes halogenated alkanes) is 1. The van der Waals surface area contributed by atoms with Gasteiger partial charge in [-0.3, -0.25) is 9.59 Å². The van der Waals surface area contributed by atoms with Crippen molar-refractivity contribution < 1.29 is 14.0 Å². The molecule has 0 aromatic heterocycles. The molecule has 1 aromatic carbocycles. The summed E-state index contributed by atoms with van der Waals surface area (Å²) in [6.07, 6.45) is 5.70. The van der Waals surface area contributed by atoms with Crippen molar-refractivity contribution in [2.75, 3.05) is 13.1 Å². The van der Waals surface area contributed by atoms with E-state index in [1.807, 2.05) is 19.9 Å². The first-order valence-corrected chi connectivity index (χ1v) is 9.38. The molecular weight excluding hydrogens is 331 g/mol. The van der Waals surface area contributed by atoms with Crippen molar-refractivity contribution in [3.8, 4) is 0 Å². The smallest absolute Gasteiger partial charge is 0.254 e. The number of carbonyl (C=O) groups excluding carboxylic acids is 2. The zero-order valence-electron chi connectivity index (χ0n) is 15.8. The molecule has 5 heteroatoms. The minimum atomic E-state index is -0.387. The summed E-state index contributed by atoms with van der Waals surface area (Å²) in [7, 11) is 0. The highest BCUT2D eigenvalue weighted by Crippen LogP contribution is 2.23. The largest absolute Gasteiger partial charge is 0.353 e. The molecule has 2 rings (SSSR count). The molecule has 1 aliphatic heterocycles. The molecule has 0 saturated carbocycles. The average Bonchev–Trinajstić information content (AvgIpc) is 2.63. The normalized spacial score (nSPS) is 16.2. The second kappa shape index (κ2) is 9.51. The zero-order valence-corrected chi connectivity index (χ0v) is 15.8. The third-order valence-corrected chi connectivity index (χ3v) is 5.16. The van der Waals surface area contributed by atoms with Gasteiger partial charge in [0, 0.05) is 31.1 Å². The third-order valence-electron chi connectivity index (χ3n) is 5.16. The third kappa shape index (κ3) is 5.41. The van der Waals surface area contributed by atoms with E-state index in [0.29, 0.717) is 31.0 Å². The molecular formula is C21H29FN2O2. The molecule has 1 heterocycles. The molecule has 1 N–H and O–H groups in total. The van der Waals surface area contributed by atoms with Crippen LogP contribution in [0.3, 0.4) is 0 Å². The number of rotatable bonds is 7. The molecule has 0 spiro atoms. The second-order valence-electron chi connectivity index (χ2n) is 7.13. The highest BCUT2D eigenvalue weighted by atomic mass is 19.1. The van der Waals surface area contributed by atoms with Crippen molar-refractivity contribution in [1.82, 2.24) is 10.2 Å². The van der Waals surface area contributed by atoms with Crippen molar-refractivity contribution >= 4 is 11.8 Å². The summed E-state index contributed by atoms with van der Waals surface area (Å²) in [6.45, 7) is 8.79. The number of amides is 2. The number of likely N-dealkylation sites (tertiary alicyclic amines) is 1. The molecule has 1 aliphatic rings. The van der Waals surface area contributed by atoms with E-state index in [4.69, 9.17) is 0 Å². The molecule has 0 radical (unpaired) electrons. The summed E-state index contributed by atoms with van der Waals surface area (Å²) < 4.78 is 13.5. The van der Waals surface area contributed by atoms with E-state index in [1.54, 1.807) is 11.0 Å². The maximum atomic E-state index is 13.5. The van der Waals surface area contributed by atoms with Crippen molar-refractivity contribution in [3.05, 3.63) is 47.8 Å². The molecule has 4 nitrogen and oxygen atoms in total. The minimum absolute atomic E-state index is 0.0771. The van der Waals surface area contributed by atoms with Gasteiger partial charge in [-0.1, -0.05) is 12.1 Å². The summed E-state index contributed by atoms with van der Waals surface area (Å²) in [5, 5.41) is 3.07. The Balaban J connectivity index is 1.84. The number of benzene rings is 1. The van der Waals surface area contributed by atoms with Gasteiger partial charge in [-0.2, -0.15) is 0 Å². The number of piperidine rings is 1. The minimum Gasteiger partial charge on any atom is -0.353 e. The monoisotopic (exact) mass is 360 g/mol. The first-order valence-electron chi connectivity index (χ1n) is 9.38. The van der Waals surface area contributed by atoms with Crippen LogP contribution >= 0.6 is 0 Å². The van der Waals surface area contributed by atoms with Crippen LogP contribution in [0.1, 0.15) is 54.9 Å². The van der Waals surface area contributed by atoms with Crippen LogP contribution in [0, 0.1) is 18.7 Å². The predicted molar refractivity (Wildman–Crippen MR) is 101 cm³/mol. The summed E-state index contributed by atoms with van der Waals surface area (Å²) >= 11 is 0. The lowest BCUT2D eigenvalue weighted by Gasteiger charge is -2.35. The number of carbonyl (C=O) groups is 2. The van der Waals surface area contributed by atoms with E-state index in [9.17, 15) is 14.0 Å². The number of halogens is 1. The highest BCUT2D eigenvalue weighted by Gasteiger charge is 2.28. The number of hydrogen-bond donors (Lipinski definition) is 1. The number of nitrogens with zero attached hydrogens (tertiary/aromatic N) is 1. The quantitative estimate of drug-likeness (QED) is 0.593. The summed E-state index contributed by atoms with van der Waals surface area (Å²) in [5.41, 5.74) is 1.23. The van der Waals surface area contributed by atoms with Gasteiger partial charge in [-0.15, -0.1) is 6.58 Å². The molecule has 142 valence electrons. The van der Waals surface area contributed by atoms with Crippen molar-refractivity contribution in [2.45, 2.75) is 52.0 Å². The van der Waals surface area contributed by atoms with E-state index in [1.165, 1.54) is 12.1 Å². The first-order chi connectivity index (χ1) is 12.4. The Bertz CT molecular complexity index is 651. The summed E-state index contributed by atoms with van der Waals surface area (Å²) in [5.74, 6) is -0.0626. The van der Waals surface area contributed by atoms with Crippen LogP contribution in [0.5, 0.6) is 0 Å². The van der Waals surface area contributed by atoms with Crippen LogP contribution in [0.4, 0.5) is 4.39 Å². The Kier molecular flexibility index (Phi) is 7.37. The number of nitrogens with one attached hydrogen (secondary N) is 1. The van der Waals surface area contributed by atoms with Gasteiger partial charge in [0.15, 0.2) is 0 Å². The van der Waals surface area contributed by atoms with Crippen LogP contribution in [-0.2, 0) is 4.79 Å². The van der Waals surface area contributed by atoms with E-state index in [-0.39, 0.29) is 23.7 Å². The van der Waals surface area contributed by atoms with Crippen LogP contribution in [0.25, 0.3) is 0 Å². The Morgan fingerprint density at radius 3 is 2.73 bits per heavy atom. The molecule has 0 aliphatic carbocycles. The van der Waals surface area contributed by atoms with Crippen LogP contribution in [-0.4, -0.2) is 35.8 Å². The van der Waals surface area contributed by atoms with E-state index >= 15 is 0 Å². The maximum absolute atomic E-state index is 13.5. The Morgan fingerprint density at radius 2 is 2.08 bits per heavy atom. The zero-order chi connectivity index (χ0) is 19.1. The van der Waals surface area contributed by atoms with Gasteiger partial charge in [-0.25, -0.2) is 4.39 Å². The molecule has 1 saturated heterocycles. The molecule has 1 aromatic rings. The standard InChI is InChI=1S/C21H29FN2O2/c1-4-5-6-7-20(25)23-16(3)17-10-12-24(13-11-17)21(26)19-14-18(22)9-8-15(19)2/h4,8-9,14,16-17H,1,5-7,10-13H2,2-3H3,(H,23,25)/t16-/m1/s1. The lowest BCUT2D eigenvalue weighted by atomic mass is 9.89. The lowest BCUT2D eigenvalue weighted by molar-refractivity contribution is -0.122. The van der Waals surface area contributed by atoms with Crippen molar-refractivity contribution in [1.29, 1.82) is 0 Å². The fraction of sp³-hybridized carbons (Fsp3) is 0.524. The van der Waals surface area contributed by atoms with Gasteiger partial charge in [-0.05, 0) is 63.1 Å². The number of allylic oxidation sites excluding steroid dienone is 1. The molecule has 2 amide bonds. The topological polar surface area (TPSA) is 49.4 Å². The number of hydrogen-bond acceptors (Lipinski definition) is 2. The SMILES string of the molecule is C=CCCCC(=O)N[C@H](C)C1CCN(C(=O)c2cc(F)ccc2C)CC1.